The van der Waals surface area contributed by atoms with E-state index >= 15 is 0 Å². The molecule has 2 rings (SSSR count). The molecule has 0 atom stereocenters. The van der Waals surface area contributed by atoms with Gasteiger partial charge in [-0.1, -0.05) is 25.4 Å². The normalized spacial score (nSPS) is 11.4. The van der Waals surface area contributed by atoms with E-state index in [9.17, 15) is 4.79 Å². The molecule has 1 aromatic carbocycles. The molecule has 1 N–H and O–H groups in total. The number of benzene rings is 1. The second kappa shape index (κ2) is 7.47. The van der Waals surface area contributed by atoms with Gasteiger partial charge >= 0.3 is 0 Å². The molecule has 23 heavy (non-hydrogen) atoms. The maximum atomic E-state index is 11.6. The zero-order chi connectivity index (χ0) is 17.0. The van der Waals surface area contributed by atoms with Crippen molar-refractivity contribution in [1.82, 2.24) is 9.99 Å². The Morgan fingerprint density at radius 2 is 1.96 bits per heavy atom. The first-order chi connectivity index (χ1) is 10.9. The second-order valence-electron chi connectivity index (χ2n) is 6.03. The minimum absolute atomic E-state index is 0.0669. The van der Waals surface area contributed by atoms with Crippen LogP contribution < -0.4 is 5.43 Å². The van der Waals surface area contributed by atoms with Gasteiger partial charge in [0.15, 0.2) is 0 Å². The van der Waals surface area contributed by atoms with Crippen molar-refractivity contribution in [3.05, 3.63) is 52.3 Å². The topological polar surface area (TPSA) is 46.4 Å². The molecule has 0 fully saturated rings. The summed E-state index contributed by atoms with van der Waals surface area (Å²) < 4.78 is 2.13. The number of carbonyl (C=O) groups is 1. The highest BCUT2D eigenvalue weighted by Crippen LogP contribution is 2.21. The maximum absolute atomic E-state index is 11.6. The number of hydrazone groups is 1. The van der Waals surface area contributed by atoms with Crippen LogP contribution in [-0.2, 0) is 4.79 Å². The fraction of sp³-hybridized carbons (Fsp3) is 0.333. The van der Waals surface area contributed by atoms with Crippen molar-refractivity contribution in [3.8, 4) is 5.69 Å². The standard InChI is InChI=1S/C18H22ClN3O/c1-12(2)9-18(23)21-20-11-15-10-13(3)22(14(15)4)17-7-5-16(19)6-8-17/h5-8,10-12H,9H2,1-4H3,(H,21,23)/b20-11-. The molecule has 0 saturated heterocycles. The first kappa shape index (κ1) is 17.3. The average molecular weight is 332 g/mol. The van der Waals surface area contributed by atoms with E-state index in [1.807, 2.05) is 58.0 Å². The van der Waals surface area contributed by atoms with Gasteiger partial charge in [0.05, 0.1) is 6.21 Å². The molecule has 0 spiro atoms. The molecule has 1 heterocycles. The predicted molar refractivity (Wildman–Crippen MR) is 95.4 cm³/mol. The molecule has 0 unspecified atom stereocenters. The van der Waals surface area contributed by atoms with E-state index in [2.05, 4.69) is 15.1 Å². The molecule has 0 aliphatic rings. The SMILES string of the molecule is Cc1cc(/C=N\NC(=O)CC(C)C)c(C)n1-c1ccc(Cl)cc1. The van der Waals surface area contributed by atoms with Crippen molar-refractivity contribution in [2.75, 3.05) is 0 Å². The number of aryl methyl sites for hydroxylation is 1. The van der Waals surface area contributed by atoms with E-state index in [1.54, 1.807) is 6.21 Å². The van der Waals surface area contributed by atoms with Crippen molar-refractivity contribution in [3.63, 3.8) is 0 Å². The zero-order valence-corrected chi connectivity index (χ0v) is 14.7. The van der Waals surface area contributed by atoms with Crippen LogP contribution in [-0.4, -0.2) is 16.7 Å². The largest absolute Gasteiger partial charge is 0.318 e. The lowest BCUT2D eigenvalue weighted by Crippen LogP contribution is -2.19. The molecule has 0 bridgehead atoms. The molecular formula is C18H22ClN3O. The van der Waals surface area contributed by atoms with Crippen LogP contribution in [0.5, 0.6) is 0 Å². The minimum atomic E-state index is -0.0669. The fourth-order valence-corrected chi connectivity index (χ4v) is 2.62. The van der Waals surface area contributed by atoms with E-state index in [0.29, 0.717) is 17.4 Å². The quantitative estimate of drug-likeness (QED) is 0.646. The maximum Gasteiger partial charge on any atom is 0.240 e. The fourth-order valence-electron chi connectivity index (χ4n) is 2.50. The molecule has 122 valence electrons. The van der Waals surface area contributed by atoms with Gasteiger partial charge in [-0.25, -0.2) is 5.43 Å². The third-order valence-electron chi connectivity index (χ3n) is 3.54. The molecular weight excluding hydrogens is 310 g/mol. The Balaban J connectivity index is 2.17. The van der Waals surface area contributed by atoms with Crippen molar-refractivity contribution < 1.29 is 4.79 Å². The van der Waals surface area contributed by atoms with Crippen molar-refractivity contribution in [2.45, 2.75) is 34.1 Å². The van der Waals surface area contributed by atoms with Crippen molar-refractivity contribution >= 4 is 23.7 Å². The summed E-state index contributed by atoms with van der Waals surface area (Å²) >= 11 is 5.95. The van der Waals surface area contributed by atoms with Crippen LogP contribution in [0, 0.1) is 19.8 Å². The number of rotatable bonds is 5. The lowest BCUT2D eigenvalue weighted by molar-refractivity contribution is -0.121. The number of amides is 1. The van der Waals surface area contributed by atoms with Gasteiger partial charge < -0.3 is 4.57 Å². The summed E-state index contributed by atoms with van der Waals surface area (Å²) in [4.78, 5) is 11.6. The summed E-state index contributed by atoms with van der Waals surface area (Å²) in [6, 6.07) is 9.74. The van der Waals surface area contributed by atoms with E-state index < -0.39 is 0 Å². The first-order valence-electron chi connectivity index (χ1n) is 7.65. The number of carbonyl (C=O) groups excluding carboxylic acids is 1. The van der Waals surface area contributed by atoms with Crippen molar-refractivity contribution in [1.29, 1.82) is 0 Å². The zero-order valence-electron chi connectivity index (χ0n) is 13.9. The second-order valence-corrected chi connectivity index (χ2v) is 6.47. The Kier molecular flexibility index (Phi) is 5.61. The van der Waals surface area contributed by atoms with E-state index in [4.69, 9.17) is 11.6 Å². The van der Waals surface area contributed by atoms with Gasteiger partial charge in [-0.3, -0.25) is 4.79 Å². The Bertz CT molecular complexity index is 715. The average Bonchev–Trinajstić information content (AvgIpc) is 2.74. The summed E-state index contributed by atoms with van der Waals surface area (Å²) in [5, 5.41) is 4.77. The number of halogens is 1. The minimum Gasteiger partial charge on any atom is -0.318 e. The summed E-state index contributed by atoms with van der Waals surface area (Å²) in [5.41, 5.74) is 6.75. The Morgan fingerprint density at radius 1 is 1.30 bits per heavy atom. The molecule has 2 aromatic rings. The third-order valence-corrected chi connectivity index (χ3v) is 3.79. The monoisotopic (exact) mass is 331 g/mol. The summed E-state index contributed by atoms with van der Waals surface area (Å²) in [6.45, 7) is 8.07. The molecule has 0 saturated carbocycles. The molecule has 1 amide bonds. The summed E-state index contributed by atoms with van der Waals surface area (Å²) in [6.07, 6.45) is 2.16. The molecule has 0 aliphatic heterocycles. The number of aromatic nitrogens is 1. The van der Waals surface area contributed by atoms with Crippen molar-refractivity contribution in [2.24, 2.45) is 11.0 Å². The number of nitrogens with one attached hydrogen (secondary N) is 1. The van der Waals surface area contributed by atoms with E-state index in [1.165, 1.54) is 0 Å². The van der Waals surface area contributed by atoms with Crippen LogP contribution >= 0.6 is 11.6 Å². The number of nitrogens with zero attached hydrogens (tertiary/aromatic N) is 2. The summed E-state index contributed by atoms with van der Waals surface area (Å²) in [5.74, 6) is 0.253. The van der Waals surface area contributed by atoms with Crippen LogP contribution in [0.25, 0.3) is 5.69 Å². The first-order valence-corrected chi connectivity index (χ1v) is 8.03. The molecule has 5 heteroatoms. The lowest BCUT2D eigenvalue weighted by atomic mass is 10.1. The molecule has 0 aliphatic carbocycles. The number of hydrogen-bond acceptors (Lipinski definition) is 2. The van der Waals surface area contributed by atoms with Gasteiger partial charge in [0.1, 0.15) is 0 Å². The van der Waals surface area contributed by atoms with Gasteiger partial charge in [0, 0.05) is 34.1 Å². The smallest absolute Gasteiger partial charge is 0.240 e. The Morgan fingerprint density at radius 3 is 2.57 bits per heavy atom. The Hall–Kier alpha value is -2.07. The highest BCUT2D eigenvalue weighted by atomic mass is 35.5. The third kappa shape index (κ3) is 4.45. The van der Waals surface area contributed by atoms with Gasteiger partial charge in [0.2, 0.25) is 5.91 Å². The van der Waals surface area contributed by atoms with E-state index in [0.717, 1.165) is 22.6 Å². The van der Waals surface area contributed by atoms with Crippen LogP contribution in [0.1, 0.15) is 37.2 Å². The molecule has 0 radical (unpaired) electrons. The van der Waals surface area contributed by atoms with Crippen LogP contribution in [0.3, 0.4) is 0 Å². The highest BCUT2D eigenvalue weighted by molar-refractivity contribution is 6.30. The van der Waals surface area contributed by atoms with Crippen LogP contribution in [0.4, 0.5) is 0 Å². The van der Waals surface area contributed by atoms with Gasteiger partial charge in [-0.05, 0) is 50.1 Å². The van der Waals surface area contributed by atoms with Gasteiger partial charge in [-0.2, -0.15) is 5.10 Å². The van der Waals surface area contributed by atoms with Crippen LogP contribution in [0.15, 0.2) is 35.4 Å². The molecule has 4 nitrogen and oxygen atoms in total. The highest BCUT2D eigenvalue weighted by Gasteiger charge is 2.09. The lowest BCUT2D eigenvalue weighted by Gasteiger charge is -2.09. The van der Waals surface area contributed by atoms with Gasteiger partial charge in [0.25, 0.3) is 0 Å². The van der Waals surface area contributed by atoms with Crippen LogP contribution in [0.2, 0.25) is 5.02 Å². The molecule has 1 aromatic heterocycles. The van der Waals surface area contributed by atoms with E-state index in [-0.39, 0.29) is 5.91 Å². The van der Waals surface area contributed by atoms with Gasteiger partial charge in [-0.15, -0.1) is 0 Å². The Labute approximate surface area is 142 Å². The number of hydrogen-bond donors (Lipinski definition) is 1. The summed E-state index contributed by atoms with van der Waals surface area (Å²) in [7, 11) is 0. The predicted octanol–water partition coefficient (Wildman–Crippen LogP) is 4.24.